The zero-order valence-electron chi connectivity index (χ0n) is 21.9. The van der Waals surface area contributed by atoms with Crippen molar-refractivity contribution < 1.29 is 4.74 Å². The van der Waals surface area contributed by atoms with Crippen molar-refractivity contribution >= 4 is 11.3 Å². The molecule has 11 heteroatoms. The van der Waals surface area contributed by atoms with Crippen molar-refractivity contribution in [3.8, 4) is 34.7 Å². The first-order chi connectivity index (χ1) is 19.5. The topological polar surface area (TPSA) is 110 Å². The van der Waals surface area contributed by atoms with Crippen LogP contribution >= 0.6 is 11.3 Å². The Kier molecular flexibility index (Phi) is 6.84. The Balaban J connectivity index is 1.28. The molecule has 0 atom stereocenters. The normalized spacial score (nSPS) is 12.9. The lowest BCUT2D eigenvalue weighted by molar-refractivity contribution is 0.412. The van der Waals surface area contributed by atoms with E-state index in [0.717, 1.165) is 32.1 Å². The van der Waals surface area contributed by atoms with E-state index in [-0.39, 0.29) is 11.4 Å². The van der Waals surface area contributed by atoms with E-state index in [9.17, 15) is 9.59 Å². The zero-order chi connectivity index (χ0) is 27.6. The third-order valence-corrected chi connectivity index (χ3v) is 7.72. The van der Waals surface area contributed by atoms with Gasteiger partial charge in [-0.1, -0.05) is 30.5 Å². The van der Waals surface area contributed by atoms with Gasteiger partial charge in [0.2, 0.25) is 5.82 Å². The second-order valence-electron chi connectivity index (χ2n) is 9.56. The zero-order valence-corrected chi connectivity index (χ0v) is 22.8. The van der Waals surface area contributed by atoms with Crippen molar-refractivity contribution in [2.24, 2.45) is 7.05 Å². The fraction of sp³-hybridized carbons (Fsp3) is 0.241. The van der Waals surface area contributed by atoms with E-state index in [1.54, 1.807) is 30.6 Å². The summed E-state index contributed by atoms with van der Waals surface area (Å²) in [6.45, 7) is 0.360. The molecular weight excluding hydrogens is 526 g/mol. The Hall–Kier alpha value is -4.82. The molecule has 0 saturated heterocycles. The van der Waals surface area contributed by atoms with Gasteiger partial charge in [-0.2, -0.15) is 4.80 Å². The molecule has 5 aromatic rings. The van der Waals surface area contributed by atoms with Gasteiger partial charge in [-0.25, -0.2) is 9.78 Å². The van der Waals surface area contributed by atoms with Crippen molar-refractivity contribution in [3.05, 3.63) is 103 Å². The summed E-state index contributed by atoms with van der Waals surface area (Å²) in [5.41, 5.74) is 2.52. The second kappa shape index (κ2) is 10.7. The summed E-state index contributed by atoms with van der Waals surface area (Å²) in [5.74, 6) is 7.74. The largest absolute Gasteiger partial charge is 0.497 e. The predicted molar refractivity (Wildman–Crippen MR) is 151 cm³/mol. The van der Waals surface area contributed by atoms with Crippen LogP contribution in [-0.2, 0) is 13.6 Å². The van der Waals surface area contributed by atoms with Crippen LogP contribution in [0.3, 0.4) is 0 Å². The average Bonchev–Trinajstić information content (AvgIpc) is 3.60. The molecule has 0 unspecified atom stereocenters. The van der Waals surface area contributed by atoms with Gasteiger partial charge in [-0.05, 0) is 59.9 Å². The van der Waals surface area contributed by atoms with E-state index in [2.05, 4.69) is 37.6 Å². The first kappa shape index (κ1) is 25.5. The number of aromatic nitrogens is 7. The third-order valence-electron chi connectivity index (χ3n) is 6.95. The van der Waals surface area contributed by atoms with Crippen LogP contribution in [-0.4, -0.2) is 41.4 Å². The summed E-state index contributed by atoms with van der Waals surface area (Å²) < 4.78 is 7.62. The van der Waals surface area contributed by atoms with E-state index >= 15 is 0 Å². The Morgan fingerprint density at radius 3 is 2.67 bits per heavy atom. The molecule has 3 heterocycles. The van der Waals surface area contributed by atoms with E-state index in [0.29, 0.717) is 18.2 Å². The fourth-order valence-corrected chi connectivity index (χ4v) is 5.16. The molecule has 0 bridgehead atoms. The van der Waals surface area contributed by atoms with Gasteiger partial charge in [-0.3, -0.25) is 13.9 Å². The summed E-state index contributed by atoms with van der Waals surface area (Å²) in [7, 11) is 3.04. The number of benzene rings is 2. The minimum Gasteiger partial charge on any atom is -0.497 e. The highest BCUT2D eigenvalue weighted by Gasteiger charge is 2.21. The van der Waals surface area contributed by atoms with Gasteiger partial charge in [0.1, 0.15) is 11.3 Å². The highest BCUT2D eigenvalue weighted by Crippen LogP contribution is 2.36. The molecule has 1 fully saturated rings. The average molecular weight is 552 g/mol. The van der Waals surface area contributed by atoms with Crippen molar-refractivity contribution in [3.63, 3.8) is 0 Å². The lowest BCUT2D eigenvalue weighted by Gasteiger charge is -2.22. The van der Waals surface area contributed by atoms with Crippen LogP contribution in [0, 0.1) is 11.8 Å². The number of nitrogens with zero attached hydrogens (tertiary/aromatic N) is 7. The molecule has 0 N–H and O–H groups in total. The van der Waals surface area contributed by atoms with Gasteiger partial charge in [0, 0.05) is 30.1 Å². The highest BCUT2D eigenvalue weighted by molar-refractivity contribution is 7.10. The van der Waals surface area contributed by atoms with Crippen molar-refractivity contribution in [1.82, 2.24) is 34.3 Å². The quantitative estimate of drug-likeness (QED) is 0.298. The minimum atomic E-state index is -0.507. The lowest BCUT2D eigenvalue weighted by atomic mass is 9.83. The Labute approximate surface area is 233 Å². The van der Waals surface area contributed by atoms with Crippen LogP contribution in [0.2, 0.25) is 0 Å². The van der Waals surface area contributed by atoms with Crippen molar-refractivity contribution in [2.75, 3.05) is 7.11 Å². The molecule has 6 rings (SSSR count). The van der Waals surface area contributed by atoms with Crippen molar-refractivity contribution in [1.29, 1.82) is 0 Å². The van der Waals surface area contributed by atoms with E-state index in [1.807, 2.05) is 36.4 Å². The maximum atomic E-state index is 13.1. The number of rotatable bonds is 6. The minimum absolute atomic E-state index is 0.129. The lowest BCUT2D eigenvalue weighted by Crippen LogP contribution is -2.37. The van der Waals surface area contributed by atoms with Gasteiger partial charge >= 0.3 is 5.69 Å². The molecule has 200 valence electrons. The summed E-state index contributed by atoms with van der Waals surface area (Å²) in [5, 5.41) is 15.5. The third kappa shape index (κ3) is 5.09. The van der Waals surface area contributed by atoms with E-state index in [4.69, 9.17) is 4.74 Å². The van der Waals surface area contributed by atoms with E-state index < -0.39 is 11.2 Å². The summed E-state index contributed by atoms with van der Waals surface area (Å²) in [4.78, 5) is 32.1. The number of ether oxygens (including phenoxy) is 1. The molecule has 0 radical (unpaired) electrons. The SMILES string of the molecule is COc1ccc(Cn2nnc(-c3cn(-c4cccc(C#Cc5nc(C6CCC6)cs5)c4)c(=O)n(C)c3=O)n2)cc1. The number of methoxy groups -OCH3 is 1. The molecule has 0 amide bonds. The van der Waals surface area contributed by atoms with Crippen LogP contribution in [0.4, 0.5) is 0 Å². The standard InChI is InChI=1S/C29H25N7O3S/c1-34-28(37)24(27-31-33-36(32-27)16-20-9-12-23(39-2)13-10-20)17-35(29(34)38)22-8-3-5-19(15-22)11-14-26-30-25(18-40-26)21-6-4-7-21/h3,5,8-10,12-13,15,17-18,21H,4,6-7,16H2,1-2H3. The van der Waals surface area contributed by atoms with Crippen LogP contribution in [0.15, 0.2) is 69.7 Å². The molecule has 10 nitrogen and oxygen atoms in total. The Bertz CT molecular complexity index is 1870. The first-order valence-corrected chi connectivity index (χ1v) is 13.7. The first-order valence-electron chi connectivity index (χ1n) is 12.8. The summed E-state index contributed by atoms with van der Waals surface area (Å²) in [6.07, 6.45) is 5.12. The number of thiazole rings is 1. The maximum Gasteiger partial charge on any atom is 0.335 e. The number of hydrogen-bond acceptors (Lipinski definition) is 8. The molecule has 1 aliphatic rings. The van der Waals surface area contributed by atoms with Gasteiger partial charge in [0.15, 0.2) is 5.01 Å². The van der Waals surface area contributed by atoms with Gasteiger partial charge in [0.25, 0.3) is 5.56 Å². The van der Waals surface area contributed by atoms with Crippen LogP contribution in [0.25, 0.3) is 17.1 Å². The van der Waals surface area contributed by atoms with E-state index in [1.165, 1.54) is 41.9 Å². The Morgan fingerprint density at radius 1 is 1.10 bits per heavy atom. The molecule has 1 saturated carbocycles. The van der Waals surface area contributed by atoms with Gasteiger partial charge in [-0.15, -0.1) is 21.5 Å². The summed E-state index contributed by atoms with van der Waals surface area (Å²) >= 11 is 1.55. The molecule has 40 heavy (non-hydrogen) atoms. The number of tetrazole rings is 1. The predicted octanol–water partition coefficient (Wildman–Crippen LogP) is 3.37. The fourth-order valence-electron chi connectivity index (χ4n) is 4.41. The van der Waals surface area contributed by atoms with Gasteiger partial charge in [0.05, 0.1) is 25.0 Å². The van der Waals surface area contributed by atoms with Crippen LogP contribution in [0.1, 0.15) is 47.0 Å². The van der Waals surface area contributed by atoms with Crippen molar-refractivity contribution in [2.45, 2.75) is 31.7 Å². The maximum absolute atomic E-state index is 13.1. The monoisotopic (exact) mass is 551 g/mol. The van der Waals surface area contributed by atoms with Gasteiger partial charge < -0.3 is 4.74 Å². The molecule has 0 spiro atoms. The summed E-state index contributed by atoms with van der Waals surface area (Å²) in [6, 6.07) is 14.8. The molecule has 2 aromatic carbocycles. The second-order valence-corrected chi connectivity index (χ2v) is 10.4. The van der Waals surface area contributed by atoms with Crippen LogP contribution in [0.5, 0.6) is 5.75 Å². The molecule has 1 aliphatic carbocycles. The van der Waals surface area contributed by atoms with Crippen LogP contribution < -0.4 is 16.0 Å². The molecule has 3 aromatic heterocycles. The molecular formula is C29H25N7O3S. The number of hydrogen-bond donors (Lipinski definition) is 0. The Morgan fingerprint density at radius 2 is 1.93 bits per heavy atom. The smallest absolute Gasteiger partial charge is 0.335 e. The molecule has 0 aliphatic heterocycles. The highest BCUT2D eigenvalue weighted by atomic mass is 32.1.